The zero-order valence-electron chi connectivity index (χ0n) is 8.44. The number of amides is 1. The predicted molar refractivity (Wildman–Crippen MR) is 52.3 cm³/mol. The molecule has 13 heavy (non-hydrogen) atoms. The lowest BCUT2D eigenvalue weighted by atomic mass is 9.69. The van der Waals surface area contributed by atoms with Crippen molar-refractivity contribution in [2.75, 3.05) is 6.54 Å². The number of carbonyl (C=O) groups excluding carboxylic acids is 1. The predicted octanol–water partition coefficient (Wildman–Crippen LogP) is 2.09. The second-order valence-electron chi connectivity index (χ2n) is 4.94. The van der Waals surface area contributed by atoms with Gasteiger partial charge >= 0.3 is 0 Å². The molecule has 1 N–H and O–H groups in total. The standard InChI is InChI=1S/C11H19NO/c1-11(7-10(13)12-8-11)9-5-3-2-4-6-9/h9H,2-8H2,1H3,(H,12,13). The van der Waals surface area contributed by atoms with Gasteiger partial charge in [0.15, 0.2) is 0 Å². The third kappa shape index (κ3) is 1.72. The van der Waals surface area contributed by atoms with Crippen LogP contribution in [-0.4, -0.2) is 12.5 Å². The Morgan fingerprint density at radius 1 is 1.31 bits per heavy atom. The molecular formula is C11H19NO. The van der Waals surface area contributed by atoms with Crippen LogP contribution in [0.1, 0.15) is 45.4 Å². The minimum absolute atomic E-state index is 0.257. The van der Waals surface area contributed by atoms with E-state index in [0.29, 0.717) is 0 Å². The third-order valence-corrected chi connectivity index (χ3v) is 3.84. The van der Waals surface area contributed by atoms with Crippen LogP contribution in [0.5, 0.6) is 0 Å². The molecule has 0 spiro atoms. The minimum atomic E-state index is 0.257. The molecule has 2 rings (SSSR count). The fourth-order valence-electron chi connectivity index (χ4n) is 2.88. The zero-order valence-corrected chi connectivity index (χ0v) is 8.44. The average Bonchev–Trinajstić information content (AvgIpc) is 2.49. The Hall–Kier alpha value is -0.530. The maximum absolute atomic E-state index is 11.2. The second-order valence-corrected chi connectivity index (χ2v) is 4.94. The molecule has 2 nitrogen and oxygen atoms in total. The highest BCUT2D eigenvalue weighted by Crippen LogP contribution is 2.42. The number of rotatable bonds is 1. The van der Waals surface area contributed by atoms with E-state index in [4.69, 9.17) is 0 Å². The van der Waals surface area contributed by atoms with Crippen LogP contribution in [-0.2, 0) is 4.79 Å². The molecule has 1 saturated carbocycles. The smallest absolute Gasteiger partial charge is 0.220 e. The van der Waals surface area contributed by atoms with E-state index in [9.17, 15) is 4.79 Å². The van der Waals surface area contributed by atoms with Crippen molar-refractivity contribution in [1.82, 2.24) is 5.32 Å². The largest absolute Gasteiger partial charge is 0.356 e. The molecule has 0 aromatic carbocycles. The summed E-state index contributed by atoms with van der Waals surface area (Å²) in [6, 6.07) is 0. The number of hydrogen-bond acceptors (Lipinski definition) is 1. The van der Waals surface area contributed by atoms with E-state index >= 15 is 0 Å². The van der Waals surface area contributed by atoms with E-state index in [1.165, 1.54) is 32.1 Å². The SMILES string of the molecule is CC1(C2CCCCC2)CNC(=O)C1. The molecule has 0 bridgehead atoms. The Labute approximate surface area is 80.1 Å². The first-order valence-electron chi connectivity index (χ1n) is 5.47. The van der Waals surface area contributed by atoms with Crippen LogP contribution in [0.3, 0.4) is 0 Å². The van der Waals surface area contributed by atoms with E-state index in [-0.39, 0.29) is 11.3 Å². The van der Waals surface area contributed by atoms with Crippen molar-refractivity contribution >= 4 is 5.91 Å². The van der Waals surface area contributed by atoms with Gasteiger partial charge in [-0.2, -0.15) is 0 Å². The quantitative estimate of drug-likeness (QED) is 0.659. The lowest BCUT2D eigenvalue weighted by Gasteiger charge is -2.35. The lowest BCUT2D eigenvalue weighted by molar-refractivity contribution is -0.119. The van der Waals surface area contributed by atoms with Crippen molar-refractivity contribution in [1.29, 1.82) is 0 Å². The summed E-state index contributed by atoms with van der Waals surface area (Å²) in [5.41, 5.74) is 0.275. The van der Waals surface area contributed by atoms with Gasteiger partial charge in [-0.05, 0) is 24.2 Å². The molecule has 1 atom stereocenters. The van der Waals surface area contributed by atoms with Crippen molar-refractivity contribution in [3.63, 3.8) is 0 Å². The van der Waals surface area contributed by atoms with Crippen LogP contribution < -0.4 is 5.32 Å². The highest BCUT2D eigenvalue weighted by atomic mass is 16.1. The fourth-order valence-corrected chi connectivity index (χ4v) is 2.88. The monoisotopic (exact) mass is 181 g/mol. The van der Waals surface area contributed by atoms with Gasteiger partial charge in [0.1, 0.15) is 0 Å². The number of carbonyl (C=O) groups is 1. The Morgan fingerprint density at radius 3 is 2.54 bits per heavy atom. The molecule has 74 valence electrons. The molecule has 1 unspecified atom stereocenters. The maximum atomic E-state index is 11.2. The van der Waals surface area contributed by atoms with Crippen molar-refractivity contribution in [2.45, 2.75) is 45.4 Å². The molecule has 2 heteroatoms. The van der Waals surface area contributed by atoms with Crippen molar-refractivity contribution < 1.29 is 4.79 Å². The molecule has 1 aliphatic carbocycles. The lowest BCUT2D eigenvalue weighted by Crippen LogP contribution is -2.31. The summed E-state index contributed by atoms with van der Waals surface area (Å²) in [4.78, 5) is 11.2. The Morgan fingerprint density at radius 2 is 2.00 bits per heavy atom. The number of nitrogens with one attached hydrogen (secondary N) is 1. The highest BCUT2D eigenvalue weighted by molar-refractivity contribution is 5.79. The van der Waals surface area contributed by atoms with Crippen LogP contribution in [0.4, 0.5) is 0 Å². The molecule has 0 aromatic rings. The molecule has 1 saturated heterocycles. The maximum Gasteiger partial charge on any atom is 0.220 e. The molecule has 2 aliphatic rings. The van der Waals surface area contributed by atoms with Crippen molar-refractivity contribution in [3.8, 4) is 0 Å². The summed E-state index contributed by atoms with van der Waals surface area (Å²) in [5, 5.41) is 2.97. The van der Waals surface area contributed by atoms with Crippen LogP contribution in [0.15, 0.2) is 0 Å². The summed E-state index contributed by atoms with van der Waals surface area (Å²) in [5.74, 6) is 1.05. The summed E-state index contributed by atoms with van der Waals surface area (Å²) >= 11 is 0. The van der Waals surface area contributed by atoms with Gasteiger partial charge in [-0.15, -0.1) is 0 Å². The van der Waals surface area contributed by atoms with Crippen LogP contribution in [0.25, 0.3) is 0 Å². The normalized spacial score (nSPS) is 36.2. The van der Waals surface area contributed by atoms with E-state index in [1.54, 1.807) is 0 Å². The first-order chi connectivity index (χ1) is 6.21. The molecule has 2 fully saturated rings. The third-order valence-electron chi connectivity index (χ3n) is 3.84. The van der Waals surface area contributed by atoms with Crippen LogP contribution >= 0.6 is 0 Å². The van der Waals surface area contributed by atoms with Gasteiger partial charge in [-0.1, -0.05) is 26.2 Å². The molecule has 1 aliphatic heterocycles. The molecule has 0 aromatic heterocycles. The van der Waals surface area contributed by atoms with Gasteiger partial charge in [0.05, 0.1) is 0 Å². The van der Waals surface area contributed by atoms with Gasteiger partial charge < -0.3 is 5.32 Å². The fraction of sp³-hybridized carbons (Fsp3) is 0.909. The number of hydrogen-bond donors (Lipinski definition) is 1. The Bertz CT molecular complexity index is 208. The summed E-state index contributed by atoms with van der Waals surface area (Å²) < 4.78 is 0. The first kappa shape index (κ1) is 9.04. The molecule has 0 radical (unpaired) electrons. The summed E-state index contributed by atoms with van der Waals surface area (Å²) in [6.07, 6.45) is 7.57. The van der Waals surface area contributed by atoms with Crippen molar-refractivity contribution in [3.05, 3.63) is 0 Å². The van der Waals surface area contributed by atoms with Crippen LogP contribution in [0, 0.1) is 11.3 Å². The summed E-state index contributed by atoms with van der Waals surface area (Å²) in [6.45, 7) is 3.19. The summed E-state index contributed by atoms with van der Waals surface area (Å²) in [7, 11) is 0. The van der Waals surface area contributed by atoms with Crippen LogP contribution in [0.2, 0.25) is 0 Å². The van der Waals surface area contributed by atoms with Gasteiger partial charge in [-0.3, -0.25) is 4.79 Å². The van der Waals surface area contributed by atoms with Gasteiger partial charge in [-0.25, -0.2) is 0 Å². The van der Waals surface area contributed by atoms with E-state index in [2.05, 4.69) is 12.2 Å². The van der Waals surface area contributed by atoms with Gasteiger partial charge in [0, 0.05) is 13.0 Å². The first-order valence-corrected chi connectivity index (χ1v) is 5.47. The zero-order chi connectivity index (χ0) is 9.31. The Balaban J connectivity index is 2.01. The molecule has 1 heterocycles. The highest BCUT2D eigenvalue weighted by Gasteiger charge is 2.40. The van der Waals surface area contributed by atoms with Gasteiger partial charge in [0.2, 0.25) is 5.91 Å². The second kappa shape index (κ2) is 3.32. The van der Waals surface area contributed by atoms with E-state index < -0.39 is 0 Å². The average molecular weight is 181 g/mol. The van der Waals surface area contributed by atoms with E-state index in [0.717, 1.165) is 18.9 Å². The molecule has 1 amide bonds. The van der Waals surface area contributed by atoms with Crippen molar-refractivity contribution in [2.24, 2.45) is 11.3 Å². The molecular weight excluding hydrogens is 162 g/mol. The Kier molecular flexibility index (Phi) is 2.31. The minimum Gasteiger partial charge on any atom is -0.356 e. The van der Waals surface area contributed by atoms with E-state index in [1.807, 2.05) is 0 Å². The van der Waals surface area contributed by atoms with Gasteiger partial charge in [0.25, 0.3) is 0 Å². The topological polar surface area (TPSA) is 29.1 Å².